The van der Waals surface area contributed by atoms with Gasteiger partial charge < -0.3 is 0 Å². The van der Waals surface area contributed by atoms with Crippen molar-refractivity contribution >= 4 is 22.9 Å². The lowest BCUT2D eigenvalue weighted by atomic mass is 10.1. The second-order valence-corrected chi connectivity index (χ2v) is 6.18. The van der Waals surface area contributed by atoms with Crippen LogP contribution in [-0.4, -0.2) is 15.0 Å². The summed E-state index contributed by atoms with van der Waals surface area (Å²) in [5.41, 5.74) is 2.02. The van der Waals surface area contributed by atoms with Gasteiger partial charge in [-0.05, 0) is 25.3 Å². The second-order valence-electron chi connectivity index (χ2n) is 4.73. The quantitative estimate of drug-likeness (QED) is 0.803. The molecule has 3 nitrogen and oxygen atoms in total. The SMILES string of the molecule is Cc1nc(Cc2nc(Cl)cc(CC(C)C)n2)cs1. The Morgan fingerprint density at radius 1 is 1.22 bits per heavy atom. The van der Waals surface area contributed by atoms with Crippen molar-refractivity contribution in [2.75, 3.05) is 0 Å². The van der Waals surface area contributed by atoms with Crippen molar-refractivity contribution in [3.8, 4) is 0 Å². The summed E-state index contributed by atoms with van der Waals surface area (Å²) in [6, 6.07) is 1.84. The lowest BCUT2D eigenvalue weighted by molar-refractivity contribution is 0.631. The van der Waals surface area contributed by atoms with Crippen LogP contribution in [0.25, 0.3) is 0 Å². The molecule has 0 aliphatic carbocycles. The number of aromatic nitrogens is 3. The Labute approximate surface area is 116 Å². The van der Waals surface area contributed by atoms with Gasteiger partial charge in [0.25, 0.3) is 0 Å². The lowest BCUT2D eigenvalue weighted by Gasteiger charge is -2.06. The minimum atomic E-state index is 0.516. The molecule has 0 saturated heterocycles. The molecule has 0 aliphatic heterocycles. The van der Waals surface area contributed by atoms with E-state index in [0.717, 1.165) is 28.6 Å². The Bertz CT molecular complexity index is 537. The summed E-state index contributed by atoms with van der Waals surface area (Å²) < 4.78 is 0. The third kappa shape index (κ3) is 3.75. The Kier molecular flexibility index (Phi) is 4.30. The summed E-state index contributed by atoms with van der Waals surface area (Å²) in [6.07, 6.45) is 1.57. The summed E-state index contributed by atoms with van der Waals surface area (Å²) >= 11 is 7.68. The number of rotatable bonds is 4. The molecule has 0 radical (unpaired) electrons. The van der Waals surface area contributed by atoms with Gasteiger partial charge in [0.2, 0.25) is 0 Å². The molecule has 0 aromatic carbocycles. The van der Waals surface area contributed by atoms with Gasteiger partial charge in [-0.15, -0.1) is 11.3 Å². The number of hydrogen-bond acceptors (Lipinski definition) is 4. The zero-order valence-electron chi connectivity index (χ0n) is 10.8. The van der Waals surface area contributed by atoms with Crippen molar-refractivity contribution in [3.05, 3.63) is 38.8 Å². The van der Waals surface area contributed by atoms with Crippen molar-refractivity contribution in [2.24, 2.45) is 5.92 Å². The summed E-state index contributed by atoms with van der Waals surface area (Å²) in [7, 11) is 0. The van der Waals surface area contributed by atoms with Crippen LogP contribution in [0, 0.1) is 12.8 Å². The average molecular weight is 282 g/mol. The van der Waals surface area contributed by atoms with Gasteiger partial charge in [-0.2, -0.15) is 0 Å². The smallest absolute Gasteiger partial charge is 0.136 e. The van der Waals surface area contributed by atoms with Gasteiger partial charge in [0, 0.05) is 11.1 Å². The Balaban J connectivity index is 2.19. The van der Waals surface area contributed by atoms with E-state index in [4.69, 9.17) is 11.6 Å². The van der Waals surface area contributed by atoms with Crippen molar-refractivity contribution in [1.82, 2.24) is 15.0 Å². The second kappa shape index (κ2) is 5.76. The number of halogens is 1. The van der Waals surface area contributed by atoms with Crippen LogP contribution >= 0.6 is 22.9 Å². The van der Waals surface area contributed by atoms with Crippen LogP contribution in [0.15, 0.2) is 11.4 Å². The van der Waals surface area contributed by atoms with E-state index in [1.165, 1.54) is 0 Å². The molecule has 0 atom stereocenters. The third-order valence-electron chi connectivity index (χ3n) is 2.42. The fourth-order valence-electron chi connectivity index (χ4n) is 1.77. The van der Waals surface area contributed by atoms with Gasteiger partial charge in [-0.3, -0.25) is 0 Å². The molecule has 2 aromatic heterocycles. The van der Waals surface area contributed by atoms with Crippen LogP contribution in [0.3, 0.4) is 0 Å². The summed E-state index contributed by atoms with van der Waals surface area (Å²) in [4.78, 5) is 13.2. The van der Waals surface area contributed by atoms with E-state index in [2.05, 4.69) is 28.8 Å². The maximum absolute atomic E-state index is 6.04. The number of hydrogen-bond donors (Lipinski definition) is 0. The number of aryl methyl sites for hydroxylation is 1. The molecular weight excluding hydrogens is 266 g/mol. The number of thiazole rings is 1. The number of nitrogens with zero attached hydrogens (tertiary/aromatic N) is 3. The summed E-state index contributed by atoms with van der Waals surface area (Å²) in [6.45, 7) is 6.33. The predicted octanol–water partition coefficient (Wildman–Crippen LogP) is 3.68. The van der Waals surface area contributed by atoms with Crippen LogP contribution in [0.4, 0.5) is 0 Å². The van der Waals surface area contributed by atoms with E-state index >= 15 is 0 Å². The molecule has 0 saturated carbocycles. The molecule has 96 valence electrons. The van der Waals surface area contributed by atoms with Gasteiger partial charge >= 0.3 is 0 Å². The standard InChI is InChI=1S/C13H16ClN3S/c1-8(2)4-10-5-12(14)17-13(16-10)6-11-7-18-9(3)15-11/h5,7-8H,4,6H2,1-3H3. The predicted molar refractivity (Wildman–Crippen MR) is 75.2 cm³/mol. The van der Waals surface area contributed by atoms with E-state index < -0.39 is 0 Å². The molecule has 0 spiro atoms. The molecule has 5 heteroatoms. The minimum absolute atomic E-state index is 0.516. The maximum Gasteiger partial charge on any atom is 0.136 e. The molecule has 0 amide bonds. The molecule has 0 N–H and O–H groups in total. The third-order valence-corrected chi connectivity index (χ3v) is 3.43. The molecule has 2 heterocycles. The van der Waals surface area contributed by atoms with Gasteiger partial charge in [-0.25, -0.2) is 15.0 Å². The maximum atomic E-state index is 6.04. The average Bonchev–Trinajstić information content (AvgIpc) is 2.61. The van der Waals surface area contributed by atoms with Crippen molar-refractivity contribution < 1.29 is 0 Å². The molecule has 18 heavy (non-hydrogen) atoms. The summed E-state index contributed by atoms with van der Waals surface area (Å²) in [5, 5.41) is 3.62. The first-order valence-electron chi connectivity index (χ1n) is 5.96. The minimum Gasteiger partial charge on any atom is -0.246 e. The highest BCUT2D eigenvalue weighted by Gasteiger charge is 2.08. The highest BCUT2D eigenvalue weighted by atomic mass is 35.5. The van der Waals surface area contributed by atoms with E-state index in [9.17, 15) is 0 Å². The first kappa shape index (κ1) is 13.4. The summed E-state index contributed by atoms with van der Waals surface area (Å²) in [5.74, 6) is 1.31. The normalized spacial score (nSPS) is 11.2. The monoisotopic (exact) mass is 281 g/mol. The van der Waals surface area contributed by atoms with E-state index in [0.29, 0.717) is 17.5 Å². The first-order chi connectivity index (χ1) is 8.52. The fraction of sp³-hybridized carbons (Fsp3) is 0.462. The van der Waals surface area contributed by atoms with E-state index in [1.807, 2.05) is 18.4 Å². The van der Waals surface area contributed by atoms with Gasteiger partial charge in [0.05, 0.1) is 17.1 Å². The molecule has 0 bridgehead atoms. The molecular formula is C13H16ClN3S. The Morgan fingerprint density at radius 2 is 2.00 bits per heavy atom. The van der Waals surface area contributed by atoms with Crippen molar-refractivity contribution in [1.29, 1.82) is 0 Å². The van der Waals surface area contributed by atoms with Crippen LogP contribution in [0.2, 0.25) is 5.15 Å². The molecule has 0 unspecified atom stereocenters. The first-order valence-corrected chi connectivity index (χ1v) is 7.22. The van der Waals surface area contributed by atoms with Crippen LogP contribution in [0.5, 0.6) is 0 Å². The Hall–Kier alpha value is -1.00. The molecule has 2 aromatic rings. The van der Waals surface area contributed by atoms with Crippen molar-refractivity contribution in [2.45, 2.75) is 33.6 Å². The van der Waals surface area contributed by atoms with E-state index in [-0.39, 0.29) is 0 Å². The topological polar surface area (TPSA) is 38.7 Å². The van der Waals surface area contributed by atoms with Crippen LogP contribution in [-0.2, 0) is 12.8 Å². The zero-order valence-corrected chi connectivity index (χ0v) is 12.3. The van der Waals surface area contributed by atoms with E-state index in [1.54, 1.807) is 11.3 Å². The fourth-order valence-corrected chi connectivity index (χ4v) is 2.61. The van der Waals surface area contributed by atoms with Crippen LogP contribution in [0.1, 0.15) is 36.1 Å². The van der Waals surface area contributed by atoms with Gasteiger partial charge in [0.1, 0.15) is 11.0 Å². The lowest BCUT2D eigenvalue weighted by Crippen LogP contribution is -2.04. The van der Waals surface area contributed by atoms with Crippen LogP contribution < -0.4 is 0 Å². The highest BCUT2D eigenvalue weighted by Crippen LogP contribution is 2.15. The largest absolute Gasteiger partial charge is 0.246 e. The van der Waals surface area contributed by atoms with Gasteiger partial charge in [0.15, 0.2) is 0 Å². The highest BCUT2D eigenvalue weighted by molar-refractivity contribution is 7.09. The Morgan fingerprint density at radius 3 is 2.61 bits per heavy atom. The zero-order chi connectivity index (χ0) is 13.1. The molecule has 2 rings (SSSR count). The molecule has 0 fully saturated rings. The van der Waals surface area contributed by atoms with Gasteiger partial charge in [-0.1, -0.05) is 25.4 Å². The van der Waals surface area contributed by atoms with Crippen molar-refractivity contribution in [3.63, 3.8) is 0 Å². The molecule has 0 aliphatic rings.